The largest absolute Gasteiger partial charge is 0.264 e. The van der Waals surface area contributed by atoms with E-state index in [0.29, 0.717) is 0 Å². The molecule has 0 aromatic carbocycles. The Hall–Kier alpha value is -1.07. The van der Waals surface area contributed by atoms with Gasteiger partial charge in [-0.25, -0.2) is 0 Å². The first-order chi connectivity index (χ1) is 3.91. The fourth-order valence-corrected chi connectivity index (χ4v) is 0.231. The second-order valence-electron chi connectivity index (χ2n) is 1.15. The molecule has 0 heterocycles. The molecule has 1 nitrogen and oxygen atoms in total. The highest BCUT2D eigenvalue weighted by Crippen LogP contribution is 1.69. The van der Waals surface area contributed by atoms with Gasteiger partial charge in [-0.2, -0.15) is 0 Å². The van der Waals surface area contributed by atoms with E-state index in [1.807, 2.05) is 13.0 Å². The van der Waals surface area contributed by atoms with Crippen molar-refractivity contribution in [2.24, 2.45) is 4.99 Å². The zero-order valence-electron chi connectivity index (χ0n) is 4.96. The van der Waals surface area contributed by atoms with Gasteiger partial charge in [0.25, 0.3) is 0 Å². The van der Waals surface area contributed by atoms with Crippen LogP contribution in [0.3, 0.4) is 0 Å². The normalized spacial score (nSPS) is 10.1. The third-order valence-electron chi connectivity index (χ3n) is 0.514. The molecule has 1 heteroatoms. The van der Waals surface area contributed by atoms with Crippen LogP contribution in [0.15, 0.2) is 35.7 Å². The number of nitrogens with zero attached hydrogens (tertiary/aromatic N) is 1. The molecule has 0 N–H and O–H groups in total. The predicted molar refractivity (Wildman–Crippen MR) is 37.0 cm³/mol. The van der Waals surface area contributed by atoms with Gasteiger partial charge in [0.05, 0.1) is 0 Å². The van der Waals surface area contributed by atoms with Crippen molar-refractivity contribution in [3.63, 3.8) is 0 Å². The summed E-state index contributed by atoms with van der Waals surface area (Å²) in [6, 6.07) is 0. The Morgan fingerprint density at radius 1 is 1.62 bits per heavy atom. The maximum absolute atomic E-state index is 3.82. The summed E-state index contributed by atoms with van der Waals surface area (Å²) in [5.74, 6) is 0. The van der Waals surface area contributed by atoms with Crippen LogP contribution in [0.25, 0.3) is 0 Å². The first-order valence-electron chi connectivity index (χ1n) is 2.40. The summed E-state index contributed by atoms with van der Waals surface area (Å²) >= 11 is 0. The van der Waals surface area contributed by atoms with E-state index in [1.54, 1.807) is 18.5 Å². The summed E-state index contributed by atoms with van der Waals surface area (Å²) in [6.07, 6.45) is 6.84. The van der Waals surface area contributed by atoms with Crippen LogP contribution in [0.5, 0.6) is 0 Å². The van der Waals surface area contributed by atoms with Gasteiger partial charge in [0.2, 0.25) is 0 Å². The molecule has 0 atom stereocenters. The lowest BCUT2D eigenvalue weighted by Crippen LogP contribution is -1.55. The van der Waals surface area contributed by atoms with Crippen molar-refractivity contribution >= 4 is 6.21 Å². The second kappa shape index (κ2) is 5.93. The molecule has 0 radical (unpaired) electrons. The Balaban J connectivity index is 3.50. The maximum atomic E-state index is 3.82. The van der Waals surface area contributed by atoms with Crippen LogP contribution in [0, 0.1) is 0 Å². The third kappa shape index (κ3) is 4.93. The molecule has 0 aromatic heterocycles. The van der Waals surface area contributed by atoms with Crippen molar-refractivity contribution in [3.8, 4) is 0 Å². The first kappa shape index (κ1) is 6.93. The topological polar surface area (TPSA) is 12.4 Å². The van der Waals surface area contributed by atoms with Gasteiger partial charge in [-0.05, 0) is 13.0 Å². The Morgan fingerprint density at radius 3 is 2.88 bits per heavy atom. The third-order valence-corrected chi connectivity index (χ3v) is 0.514. The van der Waals surface area contributed by atoms with E-state index < -0.39 is 0 Å². The quantitative estimate of drug-likeness (QED) is 0.377. The van der Waals surface area contributed by atoms with Crippen molar-refractivity contribution in [2.75, 3.05) is 0 Å². The molecule has 0 saturated heterocycles. The SMILES string of the molecule is C=C=CC=N/C=C\C. The summed E-state index contributed by atoms with van der Waals surface area (Å²) in [5.41, 5.74) is 2.57. The fourth-order valence-electron chi connectivity index (χ4n) is 0.231. The van der Waals surface area contributed by atoms with Crippen molar-refractivity contribution in [3.05, 3.63) is 30.7 Å². The molecule has 0 spiro atoms. The molecule has 0 aliphatic rings. The molecule has 0 saturated carbocycles. The summed E-state index contributed by atoms with van der Waals surface area (Å²) in [7, 11) is 0. The van der Waals surface area contributed by atoms with Crippen LogP contribution in [-0.4, -0.2) is 6.21 Å². The van der Waals surface area contributed by atoms with Crippen LogP contribution in [0.1, 0.15) is 6.92 Å². The van der Waals surface area contributed by atoms with E-state index >= 15 is 0 Å². The van der Waals surface area contributed by atoms with Gasteiger partial charge < -0.3 is 0 Å². The molecule has 0 unspecified atom stereocenters. The molecule has 0 rings (SSSR count). The Labute approximate surface area is 49.8 Å². The van der Waals surface area contributed by atoms with Crippen LogP contribution in [0.4, 0.5) is 0 Å². The lowest BCUT2D eigenvalue weighted by atomic mass is 10.6. The zero-order valence-corrected chi connectivity index (χ0v) is 4.96. The van der Waals surface area contributed by atoms with Crippen LogP contribution in [0.2, 0.25) is 0 Å². The second-order valence-corrected chi connectivity index (χ2v) is 1.15. The summed E-state index contributed by atoms with van der Waals surface area (Å²) in [6.45, 7) is 5.27. The summed E-state index contributed by atoms with van der Waals surface area (Å²) in [4.78, 5) is 3.82. The van der Waals surface area contributed by atoms with E-state index in [-0.39, 0.29) is 0 Å². The van der Waals surface area contributed by atoms with Gasteiger partial charge in [-0.1, -0.05) is 12.7 Å². The summed E-state index contributed by atoms with van der Waals surface area (Å²) < 4.78 is 0. The summed E-state index contributed by atoms with van der Waals surface area (Å²) in [5, 5.41) is 0. The molecule has 0 fully saturated rings. The highest BCUT2D eigenvalue weighted by molar-refractivity contribution is 5.71. The predicted octanol–water partition coefficient (Wildman–Crippen LogP) is 1.93. The number of aliphatic imine (C=N–C) groups is 1. The highest BCUT2D eigenvalue weighted by atomic mass is 14.6. The molecule has 42 valence electrons. The van der Waals surface area contributed by atoms with Crippen molar-refractivity contribution in [2.45, 2.75) is 6.92 Å². The standard InChI is InChI=1S/C7H9N/c1-3-5-7-8-6-4-2/h4-7H,1H2,2H3/b6-4-,8-7?. The van der Waals surface area contributed by atoms with Crippen molar-refractivity contribution < 1.29 is 0 Å². The van der Waals surface area contributed by atoms with Crippen molar-refractivity contribution in [1.29, 1.82) is 0 Å². The Kier molecular flexibility index (Phi) is 5.14. The molecular weight excluding hydrogens is 98.1 g/mol. The Bertz CT molecular complexity index is 136. The Morgan fingerprint density at radius 2 is 2.38 bits per heavy atom. The highest BCUT2D eigenvalue weighted by Gasteiger charge is 1.54. The van der Waals surface area contributed by atoms with E-state index in [9.17, 15) is 0 Å². The van der Waals surface area contributed by atoms with E-state index in [2.05, 4.69) is 17.3 Å². The molecule has 0 bridgehead atoms. The minimum absolute atomic E-state index is 1.63. The zero-order chi connectivity index (χ0) is 6.24. The maximum Gasteiger partial charge on any atom is 0.0344 e. The van der Waals surface area contributed by atoms with E-state index in [4.69, 9.17) is 0 Å². The smallest absolute Gasteiger partial charge is 0.0344 e. The molecule has 8 heavy (non-hydrogen) atoms. The first-order valence-corrected chi connectivity index (χ1v) is 2.40. The van der Waals surface area contributed by atoms with Gasteiger partial charge >= 0.3 is 0 Å². The molecule has 0 amide bonds. The molecule has 0 aliphatic heterocycles. The lowest BCUT2D eigenvalue weighted by Gasteiger charge is -1.67. The average Bonchev–Trinajstić information content (AvgIpc) is 1.81. The average molecular weight is 107 g/mol. The fraction of sp³-hybridized carbons (Fsp3) is 0.143. The van der Waals surface area contributed by atoms with E-state index in [0.717, 1.165) is 0 Å². The minimum atomic E-state index is 1.63. The van der Waals surface area contributed by atoms with Gasteiger partial charge in [0.1, 0.15) is 0 Å². The number of hydrogen-bond acceptors (Lipinski definition) is 1. The van der Waals surface area contributed by atoms with Gasteiger partial charge in [0.15, 0.2) is 0 Å². The van der Waals surface area contributed by atoms with E-state index in [1.165, 1.54) is 0 Å². The number of allylic oxidation sites excluding steroid dienone is 2. The van der Waals surface area contributed by atoms with Crippen LogP contribution < -0.4 is 0 Å². The lowest BCUT2D eigenvalue weighted by molar-refractivity contribution is 1.55. The number of rotatable bonds is 2. The van der Waals surface area contributed by atoms with Crippen molar-refractivity contribution in [1.82, 2.24) is 0 Å². The minimum Gasteiger partial charge on any atom is -0.264 e. The monoisotopic (exact) mass is 107 g/mol. The van der Waals surface area contributed by atoms with Gasteiger partial charge in [0, 0.05) is 12.4 Å². The van der Waals surface area contributed by atoms with Gasteiger partial charge in [-0.3, -0.25) is 4.99 Å². The molecule has 0 aromatic rings. The molecule has 0 aliphatic carbocycles. The van der Waals surface area contributed by atoms with Gasteiger partial charge in [-0.15, -0.1) is 5.73 Å². The number of hydrogen-bond donors (Lipinski definition) is 0. The van der Waals surface area contributed by atoms with Crippen LogP contribution in [-0.2, 0) is 0 Å². The molecular formula is C7H9N. The van der Waals surface area contributed by atoms with Crippen LogP contribution >= 0.6 is 0 Å².